The summed E-state index contributed by atoms with van der Waals surface area (Å²) in [5, 5.41) is 4.17. The molecule has 22 heavy (non-hydrogen) atoms. The number of hydrogen-bond acceptors (Lipinski definition) is 3. The molecule has 0 radical (unpaired) electrons. The highest BCUT2D eigenvalue weighted by molar-refractivity contribution is 5.73. The van der Waals surface area contributed by atoms with Crippen LogP contribution in [-0.4, -0.2) is 38.7 Å². The second-order valence-electron chi connectivity index (χ2n) is 6.07. The lowest BCUT2D eigenvalue weighted by Gasteiger charge is -2.32. The van der Waals surface area contributed by atoms with Crippen molar-refractivity contribution in [1.29, 1.82) is 0 Å². The molecule has 3 rings (SSSR count). The summed E-state index contributed by atoms with van der Waals surface area (Å²) >= 11 is 0. The predicted octanol–water partition coefficient (Wildman–Crippen LogP) is 2.28. The maximum atomic E-state index is 11.5. The Kier molecular flexibility index (Phi) is 4.22. The van der Waals surface area contributed by atoms with Crippen molar-refractivity contribution in [1.82, 2.24) is 19.7 Å². The largest absolute Gasteiger partial charge is 0.343 e. The van der Waals surface area contributed by atoms with Crippen molar-refractivity contribution in [3.63, 3.8) is 0 Å². The third kappa shape index (κ3) is 3.18. The van der Waals surface area contributed by atoms with Gasteiger partial charge in [-0.3, -0.25) is 14.5 Å². The Morgan fingerprint density at radius 3 is 2.86 bits per heavy atom. The van der Waals surface area contributed by atoms with E-state index >= 15 is 0 Å². The molecule has 0 saturated carbocycles. The molecule has 5 heteroatoms. The van der Waals surface area contributed by atoms with Gasteiger partial charge in [0.1, 0.15) is 0 Å². The summed E-state index contributed by atoms with van der Waals surface area (Å²) in [6, 6.07) is 6.16. The Bertz CT molecular complexity index is 647. The third-order valence-electron chi connectivity index (χ3n) is 4.40. The van der Waals surface area contributed by atoms with Gasteiger partial charge in [-0.25, -0.2) is 0 Å². The summed E-state index contributed by atoms with van der Waals surface area (Å²) in [6.45, 7) is 3.44. The van der Waals surface area contributed by atoms with Crippen molar-refractivity contribution in [3.05, 3.63) is 36.2 Å². The lowest BCUT2D eigenvalue weighted by Crippen LogP contribution is -2.39. The van der Waals surface area contributed by atoms with Crippen LogP contribution in [0, 0.1) is 5.92 Å². The fourth-order valence-corrected chi connectivity index (χ4v) is 3.17. The van der Waals surface area contributed by atoms with Crippen molar-refractivity contribution < 1.29 is 4.79 Å². The van der Waals surface area contributed by atoms with Crippen LogP contribution in [0.5, 0.6) is 0 Å². The van der Waals surface area contributed by atoms with Crippen molar-refractivity contribution in [2.75, 3.05) is 13.1 Å². The summed E-state index contributed by atoms with van der Waals surface area (Å²) in [6.07, 6.45) is 7.01. The van der Waals surface area contributed by atoms with Crippen LogP contribution in [0.25, 0.3) is 11.4 Å². The SMILES string of the molecule is CC(=O)N1CCCC(Cc2ccc(-c3ccnn3C)nc2)C1. The number of hydrogen-bond donors (Lipinski definition) is 0. The molecule has 0 aromatic carbocycles. The standard InChI is InChI=1S/C17H22N4O/c1-13(22)21-9-3-4-15(12-21)10-14-5-6-16(18-11-14)17-7-8-19-20(17)2/h5-8,11,15H,3-4,9-10,12H2,1-2H3. The number of pyridine rings is 1. The lowest BCUT2D eigenvalue weighted by molar-refractivity contribution is -0.130. The summed E-state index contributed by atoms with van der Waals surface area (Å²) < 4.78 is 1.83. The summed E-state index contributed by atoms with van der Waals surface area (Å²) in [5.41, 5.74) is 3.20. The maximum Gasteiger partial charge on any atom is 0.219 e. The number of likely N-dealkylation sites (tertiary alicyclic amines) is 1. The molecule has 1 amide bonds. The Morgan fingerprint density at radius 2 is 2.23 bits per heavy atom. The molecule has 1 aliphatic rings. The highest BCUT2D eigenvalue weighted by atomic mass is 16.2. The zero-order chi connectivity index (χ0) is 15.5. The summed E-state index contributed by atoms with van der Waals surface area (Å²) in [7, 11) is 1.92. The van der Waals surface area contributed by atoms with Gasteiger partial charge in [0.2, 0.25) is 5.91 Å². The Hall–Kier alpha value is -2.17. The normalized spacial score (nSPS) is 18.5. The van der Waals surface area contributed by atoms with Crippen LogP contribution in [-0.2, 0) is 18.3 Å². The molecule has 0 N–H and O–H groups in total. The average Bonchev–Trinajstić information content (AvgIpc) is 2.94. The second-order valence-corrected chi connectivity index (χ2v) is 6.07. The van der Waals surface area contributed by atoms with Gasteiger partial charge in [0.25, 0.3) is 0 Å². The predicted molar refractivity (Wildman–Crippen MR) is 85.1 cm³/mol. The zero-order valence-corrected chi connectivity index (χ0v) is 13.2. The minimum Gasteiger partial charge on any atom is -0.343 e. The highest BCUT2D eigenvalue weighted by Crippen LogP contribution is 2.22. The van der Waals surface area contributed by atoms with Gasteiger partial charge in [0, 0.05) is 39.5 Å². The van der Waals surface area contributed by atoms with E-state index in [1.807, 2.05) is 28.9 Å². The van der Waals surface area contributed by atoms with E-state index in [2.05, 4.69) is 22.2 Å². The first-order chi connectivity index (χ1) is 10.6. The first-order valence-corrected chi connectivity index (χ1v) is 7.82. The van der Waals surface area contributed by atoms with Gasteiger partial charge in [0.15, 0.2) is 0 Å². The van der Waals surface area contributed by atoms with E-state index in [1.165, 1.54) is 12.0 Å². The zero-order valence-electron chi connectivity index (χ0n) is 13.2. The van der Waals surface area contributed by atoms with Gasteiger partial charge >= 0.3 is 0 Å². The van der Waals surface area contributed by atoms with Crippen LogP contribution in [0.15, 0.2) is 30.6 Å². The van der Waals surface area contributed by atoms with E-state index in [0.717, 1.165) is 37.3 Å². The van der Waals surface area contributed by atoms with E-state index in [0.29, 0.717) is 5.92 Å². The van der Waals surface area contributed by atoms with Gasteiger partial charge < -0.3 is 4.90 Å². The fraction of sp³-hybridized carbons (Fsp3) is 0.471. The van der Waals surface area contributed by atoms with E-state index in [-0.39, 0.29) is 5.91 Å². The van der Waals surface area contributed by atoms with Crippen molar-refractivity contribution >= 4 is 5.91 Å². The number of aryl methyl sites for hydroxylation is 1. The molecule has 1 unspecified atom stereocenters. The molecular formula is C17H22N4O. The minimum atomic E-state index is 0.189. The number of carbonyl (C=O) groups is 1. The second kappa shape index (κ2) is 6.30. The smallest absolute Gasteiger partial charge is 0.219 e. The maximum absolute atomic E-state index is 11.5. The van der Waals surface area contributed by atoms with Gasteiger partial charge in [0.05, 0.1) is 11.4 Å². The first kappa shape index (κ1) is 14.8. The number of carbonyl (C=O) groups excluding carboxylic acids is 1. The average molecular weight is 298 g/mol. The van der Waals surface area contributed by atoms with Gasteiger partial charge in [-0.1, -0.05) is 6.07 Å². The van der Waals surface area contributed by atoms with Gasteiger partial charge in [-0.05, 0) is 42.9 Å². The molecule has 116 valence electrons. The summed E-state index contributed by atoms with van der Waals surface area (Å²) in [5.74, 6) is 0.733. The highest BCUT2D eigenvalue weighted by Gasteiger charge is 2.21. The third-order valence-corrected chi connectivity index (χ3v) is 4.40. The molecule has 1 atom stereocenters. The van der Waals surface area contributed by atoms with Gasteiger partial charge in [-0.2, -0.15) is 5.10 Å². The topological polar surface area (TPSA) is 51.0 Å². The lowest BCUT2D eigenvalue weighted by atomic mass is 9.92. The number of amides is 1. The number of aromatic nitrogens is 3. The molecule has 1 saturated heterocycles. The molecule has 0 aliphatic carbocycles. The van der Waals surface area contributed by atoms with Crippen LogP contribution in [0.3, 0.4) is 0 Å². The van der Waals surface area contributed by atoms with E-state index in [9.17, 15) is 4.79 Å². The minimum absolute atomic E-state index is 0.189. The number of nitrogens with zero attached hydrogens (tertiary/aromatic N) is 4. The van der Waals surface area contributed by atoms with Crippen LogP contribution in [0.4, 0.5) is 0 Å². The van der Waals surface area contributed by atoms with Crippen LogP contribution >= 0.6 is 0 Å². The molecule has 2 aromatic heterocycles. The van der Waals surface area contributed by atoms with Crippen molar-refractivity contribution in [3.8, 4) is 11.4 Å². The molecule has 3 heterocycles. The number of piperidine rings is 1. The van der Waals surface area contributed by atoms with Crippen LogP contribution in [0.2, 0.25) is 0 Å². The molecule has 5 nitrogen and oxygen atoms in total. The molecule has 2 aromatic rings. The van der Waals surface area contributed by atoms with E-state index < -0.39 is 0 Å². The first-order valence-electron chi connectivity index (χ1n) is 7.82. The molecular weight excluding hydrogens is 276 g/mol. The van der Waals surface area contributed by atoms with E-state index in [4.69, 9.17) is 0 Å². The van der Waals surface area contributed by atoms with E-state index in [1.54, 1.807) is 13.1 Å². The van der Waals surface area contributed by atoms with Crippen molar-refractivity contribution in [2.45, 2.75) is 26.2 Å². The van der Waals surface area contributed by atoms with Crippen molar-refractivity contribution in [2.24, 2.45) is 13.0 Å². The van der Waals surface area contributed by atoms with Crippen LogP contribution in [0.1, 0.15) is 25.3 Å². The molecule has 0 bridgehead atoms. The quantitative estimate of drug-likeness (QED) is 0.873. The van der Waals surface area contributed by atoms with Crippen LogP contribution < -0.4 is 0 Å². The number of rotatable bonds is 3. The molecule has 1 fully saturated rings. The molecule has 0 spiro atoms. The monoisotopic (exact) mass is 298 g/mol. The Labute approximate surface area is 131 Å². The fourth-order valence-electron chi connectivity index (χ4n) is 3.17. The summed E-state index contributed by atoms with van der Waals surface area (Å²) in [4.78, 5) is 18.0. The Balaban J connectivity index is 1.66. The Morgan fingerprint density at radius 1 is 1.36 bits per heavy atom. The molecule has 1 aliphatic heterocycles. The van der Waals surface area contributed by atoms with Gasteiger partial charge in [-0.15, -0.1) is 0 Å².